The summed E-state index contributed by atoms with van der Waals surface area (Å²) in [6, 6.07) is 22.6. The van der Waals surface area contributed by atoms with Crippen molar-refractivity contribution in [2.24, 2.45) is 0 Å². The van der Waals surface area contributed by atoms with Crippen molar-refractivity contribution in [2.45, 2.75) is 167 Å². The van der Waals surface area contributed by atoms with E-state index >= 15 is 0 Å². The van der Waals surface area contributed by atoms with Gasteiger partial charge in [0.1, 0.15) is 12.4 Å². The van der Waals surface area contributed by atoms with E-state index in [0.717, 1.165) is 13.0 Å². The molecule has 0 saturated heterocycles. The van der Waals surface area contributed by atoms with Crippen LogP contribution in [0.2, 0.25) is 0 Å². The maximum absolute atomic E-state index is 3.79. The molecule has 1 heterocycles. The van der Waals surface area contributed by atoms with E-state index in [1.165, 1.54) is 139 Å². The largest absolute Gasteiger partial charge is 0.258 e. The average molecular weight is 586 g/mol. The van der Waals surface area contributed by atoms with Crippen molar-refractivity contribution in [3.05, 3.63) is 90.0 Å². The standard InChI is InChI=1S/C41H64N2/c1-4-6-8-10-12-14-16-18-26-32-39(40-42-33-35-43(40)34-27-19-17-15-13-11-9-7-5-2)41(3,38-30-24-21-25-31-38)36-37-28-22-20-23-29-37/h20-25,28-31,33,35,39H,4-19,26-27,32,34,36H2,1-3H3/p+1. The smallest absolute Gasteiger partial charge is 0.247 e. The third-order valence-electron chi connectivity index (χ3n) is 9.84. The second kappa shape index (κ2) is 21.4. The van der Waals surface area contributed by atoms with Gasteiger partial charge in [-0.25, -0.2) is 9.55 Å². The number of aryl methyl sites for hydroxylation is 1. The number of hydrogen-bond donors (Lipinski definition) is 1. The minimum absolute atomic E-state index is 0.00780. The first-order valence-corrected chi connectivity index (χ1v) is 18.3. The van der Waals surface area contributed by atoms with Crippen molar-refractivity contribution < 1.29 is 4.57 Å². The molecule has 0 aliphatic rings. The van der Waals surface area contributed by atoms with Gasteiger partial charge in [0.25, 0.3) is 5.82 Å². The van der Waals surface area contributed by atoms with Gasteiger partial charge < -0.3 is 0 Å². The molecule has 238 valence electrons. The highest BCUT2D eigenvalue weighted by Crippen LogP contribution is 2.43. The fourth-order valence-corrected chi connectivity index (χ4v) is 7.15. The Bertz CT molecular complexity index is 1060. The number of benzene rings is 2. The van der Waals surface area contributed by atoms with Crippen molar-refractivity contribution >= 4 is 0 Å². The molecule has 0 amide bonds. The van der Waals surface area contributed by atoms with Crippen LogP contribution in [0.1, 0.15) is 166 Å². The first kappa shape index (κ1) is 35.1. The predicted octanol–water partition coefficient (Wildman–Crippen LogP) is 12.0. The predicted molar refractivity (Wildman–Crippen MR) is 187 cm³/mol. The van der Waals surface area contributed by atoms with E-state index in [1.54, 1.807) is 0 Å². The van der Waals surface area contributed by atoms with Crippen LogP contribution in [0.4, 0.5) is 0 Å². The SMILES string of the molecule is CCCCCCCCCCCC(c1[nH]cc[n+]1CCCCCCCCCCC)C(C)(Cc1ccccc1)c1ccccc1. The van der Waals surface area contributed by atoms with Crippen LogP contribution in [0.5, 0.6) is 0 Å². The molecule has 2 atom stereocenters. The van der Waals surface area contributed by atoms with Gasteiger partial charge in [0.2, 0.25) is 0 Å². The summed E-state index contributed by atoms with van der Waals surface area (Å²) in [6.45, 7) is 8.27. The molecule has 0 radical (unpaired) electrons. The van der Waals surface area contributed by atoms with Crippen molar-refractivity contribution in [1.82, 2.24) is 4.98 Å². The summed E-state index contributed by atoms with van der Waals surface area (Å²) >= 11 is 0. The number of nitrogens with one attached hydrogen (secondary N) is 1. The summed E-state index contributed by atoms with van der Waals surface area (Å²) in [5.41, 5.74) is 2.90. The monoisotopic (exact) mass is 586 g/mol. The Kier molecular flexibility index (Phi) is 17.5. The van der Waals surface area contributed by atoms with Gasteiger partial charge in [0, 0.05) is 5.41 Å². The molecule has 2 aromatic carbocycles. The number of hydrogen-bond acceptors (Lipinski definition) is 0. The third kappa shape index (κ3) is 12.7. The number of rotatable bonds is 25. The summed E-state index contributed by atoms with van der Waals surface area (Å²) in [7, 11) is 0. The lowest BCUT2D eigenvalue weighted by Gasteiger charge is -2.37. The fraction of sp³-hybridized carbons (Fsp3) is 0.634. The van der Waals surface area contributed by atoms with Gasteiger partial charge in [-0.2, -0.15) is 0 Å². The van der Waals surface area contributed by atoms with Crippen LogP contribution in [-0.4, -0.2) is 4.98 Å². The lowest BCUT2D eigenvalue weighted by Crippen LogP contribution is -2.43. The van der Waals surface area contributed by atoms with Crippen molar-refractivity contribution in [3.8, 4) is 0 Å². The van der Waals surface area contributed by atoms with E-state index in [9.17, 15) is 0 Å². The maximum Gasteiger partial charge on any atom is 0.258 e. The molecule has 3 aromatic rings. The highest BCUT2D eigenvalue weighted by atomic mass is 15.1. The lowest BCUT2D eigenvalue weighted by molar-refractivity contribution is -0.705. The van der Waals surface area contributed by atoms with Crippen LogP contribution in [0.25, 0.3) is 0 Å². The molecule has 1 N–H and O–H groups in total. The van der Waals surface area contributed by atoms with Crippen molar-refractivity contribution in [3.63, 3.8) is 0 Å². The zero-order chi connectivity index (χ0) is 30.4. The third-order valence-corrected chi connectivity index (χ3v) is 9.84. The molecule has 0 aliphatic carbocycles. The minimum atomic E-state index is 0.00780. The molecular weight excluding hydrogens is 520 g/mol. The van der Waals surface area contributed by atoms with Gasteiger partial charge in [-0.15, -0.1) is 0 Å². The molecule has 0 bridgehead atoms. The van der Waals surface area contributed by atoms with E-state index in [2.05, 4.69) is 103 Å². The number of imidazole rings is 1. The molecule has 43 heavy (non-hydrogen) atoms. The van der Waals surface area contributed by atoms with Crippen LogP contribution in [-0.2, 0) is 18.4 Å². The summed E-state index contributed by atoms with van der Waals surface area (Å²) in [5.74, 6) is 1.87. The van der Waals surface area contributed by atoms with Crippen LogP contribution in [0, 0.1) is 0 Å². The second-order valence-corrected chi connectivity index (χ2v) is 13.5. The average Bonchev–Trinajstić information content (AvgIpc) is 3.50. The molecule has 3 rings (SSSR count). The normalized spacial score (nSPS) is 13.7. The van der Waals surface area contributed by atoms with E-state index in [0.29, 0.717) is 5.92 Å². The van der Waals surface area contributed by atoms with Gasteiger partial charge in [-0.3, -0.25) is 0 Å². The van der Waals surface area contributed by atoms with E-state index in [1.807, 2.05) is 0 Å². The van der Waals surface area contributed by atoms with Crippen molar-refractivity contribution in [2.75, 3.05) is 0 Å². The molecule has 0 spiro atoms. The maximum atomic E-state index is 3.79. The zero-order valence-electron chi connectivity index (χ0n) is 28.3. The summed E-state index contributed by atoms with van der Waals surface area (Å²) < 4.78 is 2.58. The molecule has 1 aromatic heterocycles. The summed E-state index contributed by atoms with van der Waals surface area (Å²) in [6.07, 6.45) is 31.6. The summed E-state index contributed by atoms with van der Waals surface area (Å²) in [4.78, 5) is 3.79. The van der Waals surface area contributed by atoms with Gasteiger partial charge >= 0.3 is 0 Å². The molecule has 2 nitrogen and oxygen atoms in total. The van der Waals surface area contributed by atoms with Crippen LogP contribution in [0.15, 0.2) is 73.1 Å². The Morgan fingerprint density at radius 2 is 1.09 bits per heavy atom. The number of H-pyrrole nitrogens is 1. The molecule has 0 fully saturated rings. The first-order valence-electron chi connectivity index (χ1n) is 18.3. The summed E-state index contributed by atoms with van der Waals surface area (Å²) in [5, 5.41) is 0. The Hall–Kier alpha value is -2.35. The Balaban J connectivity index is 1.70. The molecular formula is C41H65N2+. The van der Waals surface area contributed by atoms with Crippen molar-refractivity contribution in [1.29, 1.82) is 0 Å². The lowest BCUT2D eigenvalue weighted by atomic mass is 9.66. The number of aromatic amines is 1. The Labute approximate surface area is 266 Å². The van der Waals surface area contributed by atoms with E-state index < -0.39 is 0 Å². The van der Waals surface area contributed by atoms with Gasteiger partial charge in [0.05, 0.1) is 12.5 Å². The number of nitrogens with zero attached hydrogens (tertiary/aromatic N) is 1. The molecule has 2 unspecified atom stereocenters. The van der Waals surface area contributed by atoms with Gasteiger partial charge in [-0.1, -0.05) is 184 Å². The van der Waals surface area contributed by atoms with E-state index in [-0.39, 0.29) is 5.41 Å². The van der Waals surface area contributed by atoms with Crippen LogP contribution in [0.3, 0.4) is 0 Å². The molecule has 0 aliphatic heterocycles. The van der Waals surface area contributed by atoms with Crippen LogP contribution >= 0.6 is 0 Å². The van der Waals surface area contributed by atoms with Gasteiger partial charge in [-0.05, 0) is 36.8 Å². The molecule has 2 heteroatoms. The minimum Gasteiger partial charge on any atom is -0.247 e. The molecule has 0 saturated carbocycles. The van der Waals surface area contributed by atoms with Crippen LogP contribution < -0.4 is 4.57 Å². The second-order valence-electron chi connectivity index (χ2n) is 13.5. The number of unbranched alkanes of at least 4 members (excludes halogenated alkanes) is 16. The van der Waals surface area contributed by atoms with E-state index in [4.69, 9.17) is 0 Å². The quantitative estimate of drug-likeness (QED) is 0.0753. The number of aromatic nitrogens is 2. The highest BCUT2D eigenvalue weighted by Gasteiger charge is 2.41. The highest BCUT2D eigenvalue weighted by molar-refractivity contribution is 5.32. The zero-order valence-corrected chi connectivity index (χ0v) is 28.3. The fourth-order valence-electron chi connectivity index (χ4n) is 7.15. The topological polar surface area (TPSA) is 19.7 Å². The Morgan fingerprint density at radius 1 is 0.605 bits per heavy atom. The van der Waals surface area contributed by atoms with Gasteiger partial charge in [0.15, 0.2) is 0 Å². The first-order chi connectivity index (χ1) is 21.2. The Morgan fingerprint density at radius 3 is 1.65 bits per heavy atom.